The van der Waals surface area contributed by atoms with Gasteiger partial charge < -0.3 is 10.1 Å². The predicted octanol–water partition coefficient (Wildman–Crippen LogP) is 0.503. The van der Waals surface area contributed by atoms with Crippen LogP contribution >= 0.6 is 0 Å². The highest BCUT2D eigenvalue weighted by Crippen LogP contribution is 2.16. The second kappa shape index (κ2) is 5.17. The zero-order chi connectivity index (χ0) is 14.0. The molecule has 2 amide bonds. The average Bonchev–Trinajstić information content (AvgIpc) is 2.91. The maximum atomic E-state index is 11.5. The summed E-state index contributed by atoms with van der Waals surface area (Å²) in [4.78, 5) is 38.4. The standard InChI is InChI=1S/C11H14N4O4/c1-2-8-12-7-9(15(18)19)13(8)5-6-14-10(16)3-4-11(14)17/h7H,2-6H2,1H3. The minimum atomic E-state index is -0.514. The summed E-state index contributed by atoms with van der Waals surface area (Å²) in [6.45, 7) is 2.20. The Bertz CT molecular complexity index is 521. The number of carbonyl (C=O) groups excluding carboxylic acids is 2. The number of nitro groups is 1. The number of aromatic nitrogens is 2. The normalized spacial score (nSPS) is 15.3. The van der Waals surface area contributed by atoms with Gasteiger partial charge in [0, 0.05) is 19.3 Å². The third-order valence-corrected chi connectivity index (χ3v) is 3.12. The first-order valence-corrected chi connectivity index (χ1v) is 6.06. The van der Waals surface area contributed by atoms with Crippen molar-refractivity contribution in [1.82, 2.24) is 14.5 Å². The molecule has 1 aliphatic rings. The molecule has 0 radical (unpaired) electrons. The van der Waals surface area contributed by atoms with E-state index < -0.39 is 4.92 Å². The van der Waals surface area contributed by atoms with Crippen molar-refractivity contribution in [2.75, 3.05) is 6.54 Å². The Kier molecular flexibility index (Phi) is 3.59. The molecule has 1 aliphatic heterocycles. The Morgan fingerprint density at radius 3 is 2.47 bits per heavy atom. The van der Waals surface area contributed by atoms with E-state index >= 15 is 0 Å². The number of likely N-dealkylation sites (tertiary alicyclic amines) is 1. The zero-order valence-electron chi connectivity index (χ0n) is 10.5. The SMILES string of the molecule is CCc1ncc([N+](=O)[O-])n1CCN1C(=O)CCC1=O. The van der Waals surface area contributed by atoms with Crippen molar-refractivity contribution in [3.8, 4) is 0 Å². The third kappa shape index (κ3) is 2.47. The molecule has 1 saturated heterocycles. The van der Waals surface area contributed by atoms with Crippen LogP contribution in [-0.2, 0) is 22.6 Å². The number of carbonyl (C=O) groups is 2. The first-order chi connectivity index (χ1) is 9.04. The first kappa shape index (κ1) is 13.2. The molecule has 1 fully saturated rings. The van der Waals surface area contributed by atoms with Gasteiger partial charge in [0.2, 0.25) is 11.8 Å². The molecule has 8 heteroatoms. The molecule has 102 valence electrons. The third-order valence-electron chi connectivity index (χ3n) is 3.12. The van der Waals surface area contributed by atoms with Crippen molar-refractivity contribution in [3.05, 3.63) is 22.1 Å². The van der Waals surface area contributed by atoms with Gasteiger partial charge in [-0.15, -0.1) is 0 Å². The van der Waals surface area contributed by atoms with Crippen molar-refractivity contribution in [2.45, 2.75) is 32.7 Å². The fourth-order valence-electron chi connectivity index (χ4n) is 2.15. The largest absolute Gasteiger partial charge is 0.358 e. The monoisotopic (exact) mass is 266 g/mol. The van der Waals surface area contributed by atoms with Crippen molar-refractivity contribution >= 4 is 17.6 Å². The molecular weight excluding hydrogens is 252 g/mol. The number of rotatable bonds is 5. The van der Waals surface area contributed by atoms with Gasteiger partial charge in [0.15, 0.2) is 5.82 Å². The Morgan fingerprint density at radius 2 is 1.95 bits per heavy atom. The van der Waals surface area contributed by atoms with Gasteiger partial charge >= 0.3 is 5.82 Å². The lowest BCUT2D eigenvalue weighted by Crippen LogP contribution is -2.32. The van der Waals surface area contributed by atoms with E-state index in [-0.39, 0.29) is 43.6 Å². The van der Waals surface area contributed by atoms with E-state index in [1.165, 1.54) is 10.8 Å². The summed E-state index contributed by atoms with van der Waals surface area (Å²) in [5.74, 6) is 0.0263. The van der Waals surface area contributed by atoms with Crippen LogP contribution in [0.3, 0.4) is 0 Å². The van der Waals surface area contributed by atoms with Crippen LogP contribution < -0.4 is 0 Å². The second-order valence-electron chi connectivity index (χ2n) is 4.23. The number of imide groups is 1. The smallest absolute Gasteiger partial charge is 0.342 e. The molecule has 0 unspecified atom stereocenters. The van der Waals surface area contributed by atoms with Gasteiger partial charge in [0.05, 0.1) is 6.54 Å². The summed E-state index contributed by atoms with van der Waals surface area (Å²) in [6.07, 6.45) is 2.21. The van der Waals surface area contributed by atoms with Crippen LogP contribution in [0.15, 0.2) is 6.20 Å². The van der Waals surface area contributed by atoms with E-state index in [1.807, 2.05) is 6.92 Å². The quantitative estimate of drug-likeness (QED) is 0.439. The molecule has 2 heterocycles. The summed E-state index contributed by atoms with van der Waals surface area (Å²) in [7, 11) is 0. The molecule has 1 aromatic rings. The molecular formula is C11H14N4O4. The summed E-state index contributed by atoms with van der Waals surface area (Å²) >= 11 is 0. The topological polar surface area (TPSA) is 98.3 Å². The van der Waals surface area contributed by atoms with Gasteiger partial charge in [0.1, 0.15) is 12.7 Å². The van der Waals surface area contributed by atoms with E-state index in [4.69, 9.17) is 0 Å². The van der Waals surface area contributed by atoms with Crippen LogP contribution in [0.2, 0.25) is 0 Å². The van der Waals surface area contributed by atoms with Crippen molar-refractivity contribution in [2.24, 2.45) is 0 Å². The van der Waals surface area contributed by atoms with Gasteiger partial charge in [0.25, 0.3) is 0 Å². The van der Waals surface area contributed by atoms with Gasteiger partial charge in [-0.25, -0.2) is 9.55 Å². The number of amides is 2. The van der Waals surface area contributed by atoms with Gasteiger partial charge in [-0.05, 0) is 4.92 Å². The highest BCUT2D eigenvalue weighted by molar-refractivity contribution is 6.01. The minimum absolute atomic E-state index is 0.115. The van der Waals surface area contributed by atoms with Gasteiger partial charge in [-0.2, -0.15) is 0 Å². The first-order valence-electron chi connectivity index (χ1n) is 6.06. The van der Waals surface area contributed by atoms with Crippen LogP contribution in [0.25, 0.3) is 0 Å². The summed E-state index contributed by atoms with van der Waals surface area (Å²) in [6, 6.07) is 0. The molecule has 0 bridgehead atoms. The lowest BCUT2D eigenvalue weighted by molar-refractivity contribution is -0.392. The second-order valence-corrected chi connectivity index (χ2v) is 4.23. The zero-order valence-corrected chi connectivity index (χ0v) is 10.5. The Balaban J connectivity index is 2.14. The minimum Gasteiger partial charge on any atom is -0.358 e. The Morgan fingerprint density at radius 1 is 1.32 bits per heavy atom. The number of hydrogen-bond acceptors (Lipinski definition) is 5. The van der Waals surface area contributed by atoms with Crippen LogP contribution in [0.4, 0.5) is 5.82 Å². The lowest BCUT2D eigenvalue weighted by Gasteiger charge is -2.13. The van der Waals surface area contributed by atoms with Crippen molar-refractivity contribution < 1.29 is 14.5 Å². The molecule has 0 aliphatic carbocycles. The van der Waals surface area contributed by atoms with E-state index in [0.717, 1.165) is 4.90 Å². The maximum Gasteiger partial charge on any atom is 0.342 e. The molecule has 19 heavy (non-hydrogen) atoms. The summed E-state index contributed by atoms with van der Waals surface area (Å²) in [5.41, 5.74) is 0. The fraction of sp³-hybridized carbons (Fsp3) is 0.545. The number of hydrogen-bond donors (Lipinski definition) is 0. The van der Waals surface area contributed by atoms with Crippen molar-refractivity contribution in [1.29, 1.82) is 0 Å². The fourth-order valence-corrected chi connectivity index (χ4v) is 2.15. The molecule has 2 rings (SSSR count). The molecule has 0 N–H and O–H groups in total. The van der Waals surface area contributed by atoms with E-state index in [0.29, 0.717) is 12.2 Å². The molecule has 8 nitrogen and oxygen atoms in total. The number of aryl methyl sites for hydroxylation is 1. The molecule has 1 aromatic heterocycles. The summed E-state index contributed by atoms with van der Waals surface area (Å²) < 4.78 is 1.44. The van der Waals surface area contributed by atoms with Crippen LogP contribution in [0, 0.1) is 10.1 Å². The molecule has 0 saturated carbocycles. The van der Waals surface area contributed by atoms with E-state index in [1.54, 1.807) is 0 Å². The predicted molar refractivity (Wildman–Crippen MR) is 64.2 cm³/mol. The highest BCUT2D eigenvalue weighted by Gasteiger charge is 2.30. The Labute approximate surface area is 109 Å². The molecule has 0 aromatic carbocycles. The van der Waals surface area contributed by atoms with Crippen LogP contribution in [-0.4, -0.2) is 37.7 Å². The van der Waals surface area contributed by atoms with E-state index in [9.17, 15) is 19.7 Å². The number of imidazole rings is 1. The average molecular weight is 266 g/mol. The Hall–Kier alpha value is -2.25. The number of nitrogens with zero attached hydrogens (tertiary/aromatic N) is 4. The van der Waals surface area contributed by atoms with Crippen LogP contribution in [0.1, 0.15) is 25.6 Å². The van der Waals surface area contributed by atoms with Crippen molar-refractivity contribution in [3.63, 3.8) is 0 Å². The summed E-state index contributed by atoms with van der Waals surface area (Å²) in [5, 5.41) is 10.9. The lowest BCUT2D eigenvalue weighted by atomic mass is 10.4. The van der Waals surface area contributed by atoms with Crippen LogP contribution in [0.5, 0.6) is 0 Å². The van der Waals surface area contributed by atoms with Gasteiger partial charge in [-0.3, -0.25) is 14.5 Å². The van der Waals surface area contributed by atoms with Gasteiger partial charge in [-0.1, -0.05) is 6.92 Å². The molecule has 0 atom stereocenters. The van der Waals surface area contributed by atoms with E-state index in [2.05, 4.69) is 4.98 Å². The molecule has 0 spiro atoms. The highest BCUT2D eigenvalue weighted by atomic mass is 16.6. The maximum absolute atomic E-state index is 11.5.